The van der Waals surface area contributed by atoms with E-state index < -0.39 is 21.8 Å². The van der Waals surface area contributed by atoms with Crippen LogP contribution in [0.2, 0.25) is 5.02 Å². The Labute approximate surface area is 175 Å². The monoisotopic (exact) mass is 435 g/mol. The molecule has 0 unspecified atom stereocenters. The van der Waals surface area contributed by atoms with Crippen LogP contribution in [0.4, 0.5) is 17.1 Å². The molecule has 0 aliphatic carbocycles. The van der Waals surface area contributed by atoms with Gasteiger partial charge in [0.2, 0.25) is 15.9 Å². The zero-order valence-electron chi connectivity index (χ0n) is 16.2. The highest BCUT2D eigenvalue weighted by atomic mass is 35.5. The van der Waals surface area contributed by atoms with Crippen molar-refractivity contribution in [2.24, 2.45) is 0 Å². The number of carbonyl (C=O) groups is 2. The second-order valence-electron chi connectivity index (χ2n) is 6.56. The molecule has 7 nitrogen and oxygen atoms in total. The van der Waals surface area contributed by atoms with Gasteiger partial charge in [0.15, 0.2) is 0 Å². The molecule has 9 heteroatoms. The number of nitrogens with one attached hydrogen (secondary N) is 1. The smallest absolute Gasteiger partial charge is 0.255 e. The molecule has 1 aliphatic rings. The highest BCUT2D eigenvalue weighted by Gasteiger charge is 2.37. The summed E-state index contributed by atoms with van der Waals surface area (Å²) in [4.78, 5) is 26.9. The van der Waals surface area contributed by atoms with Crippen molar-refractivity contribution in [1.29, 1.82) is 0 Å². The van der Waals surface area contributed by atoms with Gasteiger partial charge in [-0.3, -0.25) is 9.59 Å². The maximum Gasteiger partial charge on any atom is 0.255 e. The molecule has 0 aromatic heterocycles. The van der Waals surface area contributed by atoms with Gasteiger partial charge >= 0.3 is 0 Å². The van der Waals surface area contributed by atoms with Crippen LogP contribution in [0.25, 0.3) is 0 Å². The largest absolute Gasteiger partial charge is 0.372 e. The molecular weight excluding hydrogens is 414 g/mol. The SMILES string of the molecule is CCN(CC)c1ccc(NC(=O)c2ccc(Cl)c(N3C(=O)CCS3(=O)=O)c2)cc1. The predicted molar refractivity (Wildman–Crippen MR) is 115 cm³/mol. The standard InChI is InChI=1S/C20H22ClN3O4S/c1-3-23(4-2)16-8-6-15(7-9-16)22-20(26)14-5-10-17(21)18(13-14)24-19(25)11-12-29(24,27)28/h5-10,13H,3-4,11-12H2,1-2H3,(H,22,26). The number of nitrogens with zero attached hydrogens (tertiary/aromatic N) is 2. The Hall–Kier alpha value is -2.58. The minimum atomic E-state index is -3.77. The Morgan fingerprint density at radius 2 is 1.79 bits per heavy atom. The summed E-state index contributed by atoms with van der Waals surface area (Å²) in [6, 6.07) is 11.7. The molecule has 2 aromatic rings. The molecule has 1 aliphatic heterocycles. The van der Waals surface area contributed by atoms with E-state index in [4.69, 9.17) is 11.6 Å². The minimum Gasteiger partial charge on any atom is -0.372 e. The Kier molecular flexibility index (Phi) is 6.14. The highest BCUT2D eigenvalue weighted by Crippen LogP contribution is 2.33. The van der Waals surface area contributed by atoms with E-state index in [0.717, 1.165) is 18.8 Å². The Balaban J connectivity index is 1.83. The molecule has 1 fully saturated rings. The second-order valence-corrected chi connectivity index (χ2v) is 8.91. The number of hydrogen-bond donors (Lipinski definition) is 1. The lowest BCUT2D eigenvalue weighted by atomic mass is 10.1. The number of hydrogen-bond acceptors (Lipinski definition) is 5. The van der Waals surface area contributed by atoms with Gasteiger partial charge in [-0.15, -0.1) is 0 Å². The fourth-order valence-electron chi connectivity index (χ4n) is 3.21. The van der Waals surface area contributed by atoms with E-state index in [1.54, 1.807) is 12.1 Å². The van der Waals surface area contributed by atoms with Gasteiger partial charge in [0.1, 0.15) is 0 Å². The van der Waals surface area contributed by atoms with Gasteiger partial charge in [0, 0.05) is 36.4 Å². The van der Waals surface area contributed by atoms with E-state index in [-0.39, 0.29) is 28.4 Å². The summed E-state index contributed by atoms with van der Waals surface area (Å²) < 4.78 is 25.0. The zero-order valence-corrected chi connectivity index (χ0v) is 17.8. The van der Waals surface area contributed by atoms with Gasteiger partial charge < -0.3 is 10.2 Å². The topological polar surface area (TPSA) is 86.8 Å². The third-order valence-corrected chi connectivity index (χ3v) is 6.76. The lowest BCUT2D eigenvalue weighted by molar-refractivity contribution is -0.116. The first kappa shape index (κ1) is 21.1. The molecule has 0 bridgehead atoms. The molecule has 1 N–H and O–H groups in total. The summed E-state index contributed by atoms with van der Waals surface area (Å²) in [5.41, 5.74) is 1.86. The number of sulfonamides is 1. The maximum absolute atomic E-state index is 12.6. The molecule has 154 valence electrons. The van der Waals surface area contributed by atoms with E-state index in [1.165, 1.54) is 18.2 Å². The number of carbonyl (C=O) groups excluding carboxylic acids is 2. The quantitative estimate of drug-likeness (QED) is 0.750. The van der Waals surface area contributed by atoms with Gasteiger partial charge in [-0.05, 0) is 56.3 Å². The fourth-order valence-corrected chi connectivity index (χ4v) is 4.93. The van der Waals surface area contributed by atoms with Crippen LogP contribution >= 0.6 is 11.6 Å². The van der Waals surface area contributed by atoms with Gasteiger partial charge in [-0.2, -0.15) is 0 Å². The number of rotatable bonds is 6. The summed E-state index contributed by atoms with van der Waals surface area (Å²) in [7, 11) is -3.77. The van der Waals surface area contributed by atoms with Gasteiger partial charge in [0.05, 0.1) is 16.5 Å². The van der Waals surface area contributed by atoms with Crippen molar-refractivity contribution in [1.82, 2.24) is 0 Å². The van der Waals surface area contributed by atoms with Gasteiger partial charge in [-0.25, -0.2) is 12.7 Å². The Bertz CT molecular complexity index is 1030. The number of halogens is 1. The molecule has 0 atom stereocenters. The number of benzene rings is 2. The van der Waals surface area contributed by atoms with Crippen LogP contribution in [0.1, 0.15) is 30.6 Å². The Morgan fingerprint density at radius 3 is 2.34 bits per heavy atom. The molecule has 2 amide bonds. The molecule has 0 radical (unpaired) electrons. The minimum absolute atomic E-state index is 0.00121. The van der Waals surface area contributed by atoms with E-state index in [1.807, 2.05) is 12.1 Å². The van der Waals surface area contributed by atoms with Crippen molar-refractivity contribution in [3.8, 4) is 0 Å². The third kappa shape index (κ3) is 4.38. The lowest BCUT2D eigenvalue weighted by Gasteiger charge is -2.21. The first-order chi connectivity index (χ1) is 13.8. The molecule has 0 saturated carbocycles. The van der Waals surface area contributed by atoms with E-state index in [9.17, 15) is 18.0 Å². The predicted octanol–water partition coefficient (Wildman–Crippen LogP) is 3.51. The van der Waals surface area contributed by atoms with Gasteiger partial charge in [0.25, 0.3) is 5.91 Å². The summed E-state index contributed by atoms with van der Waals surface area (Å²) >= 11 is 6.11. The normalized spacial score (nSPS) is 15.4. The molecule has 2 aromatic carbocycles. The summed E-state index contributed by atoms with van der Waals surface area (Å²) in [6.45, 7) is 5.91. The molecular formula is C20H22ClN3O4S. The van der Waals surface area contributed by atoms with Crippen LogP contribution in [0.3, 0.4) is 0 Å². The average molecular weight is 436 g/mol. The summed E-state index contributed by atoms with van der Waals surface area (Å²) in [5.74, 6) is -1.25. The van der Waals surface area contributed by atoms with Crippen LogP contribution < -0.4 is 14.5 Å². The number of anilines is 3. The van der Waals surface area contributed by atoms with Crippen molar-refractivity contribution in [3.63, 3.8) is 0 Å². The molecule has 3 rings (SSSR count). The molecule has 29 heavy (non-hydrogen) atoms. The van der Waals surface area contributed by atoms with E-state index >= 15 is 0 Å². The fraction of sp³-hybridized carbons (Fsp3) is 0.300. The number of amides is 2. The van der Waals surface area contributed by atoms with E-state index in [2.05, 4.69) is 24.1 Å². The van der Waals surface area contributed by atoms with Gasteiger partial charge in [-0.1, -0.05) is 11.6 Å². The molecule has 1 heterocycles. The molecule has 0 spiro atoms. The first-order valence-corrected chi connectivity index (χ1v) is 11.3. The zero-order chi connectivity index (χ0) is 21.2. The van der Waals surface area contributed by atoms with Crippen molar-refractivity contribution in [2.75, 3.05) is 33.4 Å². The molecule has 1 saturated heterocycles. The second kappa shape index (κ2) is 8.42. The van der Waals surface area contributed by atoms with E-state index in [0.29, 0.717) is 9.99 Å². The third-order valence-electron chi connectivity index (χ3n) is 4.76. The van der Waals surface area contributed by atoms with Crippen molar-refractivity contribution in [3.05, 3.63) is 53.1 Å². The summed E-state index contributed by atoms with van der Waals surface area (Å²) in [6.07, 6.45) is -0.103. The van der Waals surface area contributed by atoms with Crippen molar-refractivity contribution < 1.29 is 18.0 Å². The van der Waals surface area contributed by atoms with Crippen LogP contribution in [0, 0.1) is 0 Å². The average Bonchev–Trinajstić information content (AvgIpc) is 2.97. The lowest BCUT2D eigenvalue weighted by Crippen LogP contribution is -2.29. The van der Waals surface area contributed by atoms with Crippen molar-refractivity contribution in [2.45, 2.75) is 20.3 Å². The highest BCUT2D eigenvalue weighted by molar-refractivity contribution is 7.94. The van der Waals surface area contributed by atoms with Crippen LogP contribution in [-0.2, 0) is 14.8 Å². The maximum atomic E-state index is 12.6. The summed E-state index contributed by atoms with van der Waals surface area (Å²) in [5, 5.41) is 2.86. The van der Waals surface area contributed by atoms with Crippen LogP contribution in [-0.4, -0.2) is 39.1 Å². The van der Waals surface area contributed by atoms with Crippen molar-refractivity contribution >= 4 is 50.5 Å². The Morgan fingerprint density at radius 1 is 1.14 bits per heavy atom. The first-order valence-electron chi connectivity index (χ1n) is 9.28. The van der Waals surface area contributed by atoms with Crippen LogP contribution in [0.5, 0.6) is 0 Å². The van der Waals surface area contributed by atoms with Crippen LogP contribution in [0.15, 0.2) is 42.5 Å².